The minimum atomic E-state index is -0.714. The molecule has 0 amide bonds. The van der Waals surface area contributed by atoms with Gasteiger partial charge in [0.15, 0.2) is 5.65 Å². The van der Waals surface area contributed by atoms with Gasteiger partial charge in [-0.25, -0.2) is 9.50 Å². The van der Waals surface area contributed by atoms with Crippen molar-refractivity contribution in [2.24, 2.45) is 5.92 Å². The van der Waals surface area contributed by atoms with E-state index in [1.54, 1.807) is 6.33 Å². The van der Waals surface area contributed by atoms with Gasteiger partial charge in [-0.3, -0.25) is 9.69 Å². The van der Waals surface area contributed by atoms with Gasteiger partial charge in [0.2, 0.25) is 0 Å². The zero-order valence-corrected chi connectivity index (χ0v) is 21.2. The van der Waals surface area contributed by atoms with Gasteiger partial charge in [-0.1, -0.05) is 13.8 Å². The highest BCUT2D eigenvalue weighted by Crippen LogP contribution is 2.53. The predicted molar refractivity (Wildman–Crippen MR) is 135 cm³/mol. The molecular formula is C26H31N5O2S. The molecule has 6 rings (SSSR count). The summed E-state index contributed by atoms with van der Waals surface area (Å²) in [5.41, 5.74) is 8.48. The number of aryl methyl sites for hydroxylation is 2. The zero-order chi connectivity index (χ0) is 23.9. The van der Waals surface area contributed by atoms with Crippen molar-refractivity contribution in [3.05, 3.63) is 39.7 Å². The number of piperidine rings is 1. The van der Waals surface area contributed by atoms with Crippen molar-refractivity contribution >= 4 is 33.2 Å². The number of pyridine rings is 1. The van der Waals surface area contributed by atoms with Crippen LogP contribution in [0.5, 0.6) is 0 Å². The van der Waals surface area contributed by atoms with Crippen molar-refractivity contribution in [1.29, 1.82) is 0 Å². The zero-order valence-electron chi connectivity index (χ0n) is 20.3. The van der Waals surface area contributed by atoms with E-state index in [1.807, 2.05) is 15.9 Å². The fourth-order valence-electron chi connectivity index (χ4n) is 6.58. The largest absolute Gasteiger partial charge is 0.480 e. The smallest absolute Gasteiger partial charge is 0.317 e. The lowest BCUT2D eigenvalue weighted by molar-refractivity contribution is -0.138. The van der Waals surface area contributed by atoms with E-state index in [0.29, 0.717) is 23.8 Å². The molecule has 0 radical (unpaired) electrons. The number of aliphatic carboxylic acids is 1. The molecule has 1 saturated carbocycles. The number of aromatic amines is 1. The second kappa shape index (κ2) is 7.65. The Balaban J connectivity index is 1.43. The monoisotopic (exact) mass is 477 g/mol. The maximum Gasteiger partial charge on any atom is 0.317 e. The van der Waals surface area contributed by atoms with Crippen LogP contribution in [0.3, 0.4) is 0 Å². The van der Waals surface area contributed by atoms with Crippen LogP contribution in [0.1, 0.15) is 65.7 Å². The van der Waals surface area contributed by atoms with Crippen LogP contribution >= 0.6 is 11.3 Å². The maximum absolute atomic E-state index is 11.2. The minimum absolute atomic E-state index is 0.174. The number of likely N-dealkylation sites (tertiary alicyclic amines) is 1. The van der Waals surface area contributed by atoms with Crippen LogP contribution in [0.15, 0.2) is 12.5 Å². The summed E-state index contributed by atoms with van der Waals surface area (Å²) in [6.07, 6.45) is 5.93. The summed E-state index contributed by atoms with van der Waals surface area (Å²) in [4.78, 5) is 24.4. The molecule has 8 heteroatoms. The molecule has 2 bridgehead atoms. The Hall–Kier alpha value is -2.71. The van der Waals surface area contributed by atoms with E-state index >= 15 is 0 Å². The second-order valence-electron chi connectivity index (χ2n) is 10.5. The first-order valence-electron chi connectivity index (χ1n) is 12.1. The van der Waals surface area contributed by atoms with Gasteiger partial charge in [-0.2, -0.15) is 5.10 Å². The van der Waals surface area contributed by atoms with E-state index < -0.39 is 5.97 Å². The lowest BCUT2D eigenvalue weighted by Crippen LogP contribution is -2.38. The summed E-state index contributed by atoms with van der Waals surface area (Å²) >= 11 is 1.91. The molecule has 5 heterocycles. The Bertz CT molecular complexity index is 1440. The number of carboxylic acids is 1. The molecule has 0 aromatic carbocycles. The topological polar surface area (TPSA) is 86.5 Å². The van der Waals surface area contributed by atoms with Gasteiger partial charge in [0.05, 0.1) is 12.2 Å². The van der Waals surface area contributed by atoms with Crippen molar-refractivity contribution < 1.29 is 9.90 Å². The van der Waals surface area contributed by atoms with Gasteiger partial charge in [-0.05, 0) is 73.6 Å². The minimum Gasteiger partial charge on any atom is -0.480 e. The average Bonchev–Trinajstić information content (AvgIpc) is 3.57. The lowest BCUT2D eigenvalue weighted by Gasteiger charge is -2.30. The Morgan fingerprint density at radius 2 is 2.03 bits per heavy atom. The number of carboxylic acid groups (broad SMARTS) is 1. The standard InChI is InChI=1S/C26H31N5O2S/c1-12(2)21-22-15(5)24(18-7-17-6-16(18)8-30(17)10-20(32)33)34-26(22)29-23(21)19-9-31-25(27-11-28-31)14(4)13(19)3/h9,11-12,16-18,29H,6-8,10H2,1-5H3,(H,32,33)/t16?,17?,18-/m1/s1. The van der Waals surface area contributed by atoms with Crippen LogP contribution in [-0.2, 0) is 4.79 Å². The third-order valence-corrected chi connectivity index (χ3v) is 9.60. The maximum atomic E-state index is 11.2. The first-order chi connectivity index (χ1) is 16.2. The third-order valence-electron chi connectivity index (χ3n) is 8.26. The number of fused-ring (bicyclic) bond motifs is 4. The molecule has 4 aromatic rings. The molecule has 178 valence electrons. The highest BCUT2D eigenvalue weighted by molar-refractivity contribution is 7.19. The fourth-order valence-corrected chi connectivity index (χ4v) is 8.01. The van der Waals surface area contributed by atoms with Crippen LogP contribution in [0.25, 0.3) is 27.1 Å². The molecule has 2 unspecified atom stereocenters. The number of hydrogen-bond acceptors (Lipinski definition) is 5. The molecule has 7 nitrogen and oxygen atoms in total. The Kier molecular flexibility index (Phi) is 4.90. The van der Waals surface area contributed by atoms with Crippen molar-refractivity contribution in [1.82, 2.24) is 24.5 Å². The normalized spacial score (nSPS) is 22.7. The number of thiophene rings is 1. The van der Waals surface area contributed by atoms with Crippen LogP contribution in [0.4, 0.5) is 0 Å². The highest BCUT2D eigenvalue weighted by Gasteiger charge is 2.46. The van der Waals surface area contributed by atoms with Crippen molar-refractivity contribution in [2.75, 3.05) is 13.1 Å². The molecule has 2 fully saturated rings. The fraction of sp³-hybridized carbons (Fsp3) is 0.500. The molecule has 2 N–H and O–H groups in total. The summed E-state index contributed by atoms with van der Waals surface area (Å²) in [5, 5.41) is 15.0. The summed E-state index contributed by atoms with van der Waals surface area (Å²) in [6.45, 7) is 12.2. The van der Waals surface area contributed by atoms with E-state index in [4.69, 9.17) is 0 Å². The second-order valence-corrected chi connectivity index (χ2v) is 11.6. The summed E-state index contributed by atoms with van der Waals surface area (Å²) in [6, 6.07) is 0.408. The summed E-state index contributed by atoms with van der Waals surface area (Å²) in [5.74, 6) is 0.766. The third kappa shape index (κ3) is 3.08. The molecule has 0 spiro atoms. The SMILES string of the molecule is Cc1c(-c2[nH]c3sc([C@@H]4CC5CC4CN5CC(=O)O)c(C)c3c2C(C)C)cn2ncnc2c1C. The molecule has 2 aliphatic rings. The summed E-state index contributed by atoms with van der Waals surface area (Å²) in [7, 11) is 0. The van der Waals surface area contributed by atoms with E-state index in [-0.39, 0.29) is 6.54 Å². The number of H-pyrrole nitrogens is 1. The van der Waals surface area contributed by atoms with Gasteiger partial charge >= 0.3 is 5.97 Å². The van der Waals surface area contributed by atoms with E-state index in [9.17, 15) is 9.90 Å². The first-order valence-corrected chi connectivity index (χ1v) is 13.0. The average molecular weight is 478 g/mol. The van der Waals surface area contributed by atoms with E-state index in [1.165, 1.54) is 43.0 Å². The van der Waals surface area contributed by atoms with Gasteiger partial charge in [-0.15, -0.1) is 11.3 Å². The van der Waals surface area contributed by atoms with Crippen molar-refractivity contribution in [3.8, 4) is 11.3 Å². The highest BCUT2D eigenvalue weighted by atomic mass is 32.1. The molecule has 3 atom stereocenters. The number of nitrogens with zero attached hydrogens (tertiary/aromatic N) is 4. The number of aromatic nitrogens is 4. The summed E-state index contributed by atoms with van der Waals surface area (Å²) < 4.78 is 1.88. The molecular weight excluding hydrogens is 446 g/mol. The molecule has 1 aliphatic carbocycles. The molecule has 1 saturated heterocycles. The van der Waals surface area contributed by atoms with Crippen LogP contribution in [0.2, 0.25) is 0 Å². The molecule has 34 heavy (non-hydrogen) atoms. The van der Waals surface area contributed by atoms with Gasteiger partial charge < -0.3 is 10.1 Å². The Morgan fingerprint density at radius 3 is 2.71 bits per heavy atom. The van der Waals surface area contributed by atoms with Gasteiger partial charge in [0.1, 0.15) is 11.2 Å². The molecule has 1 aliphatic heterocycles. The molecule has 4 aromatic heterocycles. The van der Waals surface area contributed by atoms with Crippen molar-refractivity contribution in [3.63, 3.8) is 0 Å². The van der Waals surface area contributed by atoms with Gasteiger partial charge in [0, 0.05) is 34.6 Å². The Morgan fingerprint density at radius 1 is 1.24 bits per heavy atom. The van der Waals surface area contributed by atoms with E-state index in [2.05, 4.69) is 60.8 Å². The first kappa shape index (κ1) is 21.8. The van der Waals surface area contributed by atoms with Crippen molar-refractivity contribution in [2.45, 2.75) is 65.3 Å². The predicted octanol–water partition coefficient (Wildman–Crippen LogP) is 5.25. The van der Waals surface area contributed by atoms with Crippen LogP contribution < -0.4 is 0 Å². The Labute approximate surface area is 202 Å². The number of rotatable bonds is 5. The number of carbonyl (C=O) groups is 1. The quantitative estimate of drug-likeness (QED) is 0.410. The van der Waals surface area contributed by atoms with Crippen LogP contribution in [0, 0.1) is 26.7 Å². The number of nitrogens with one attached hydrogen (secondary N) is 1. The number of hydrogen-bond donors (Lipinski definition) is 2. The van der Waals surface area contributed by atoms with Gasteiger partial charge in [0.25, 0.3) is 0 Å². The lowest BCUT2D eigenvalue weighted by atomic mass is 9.88. The van der Waals surface area contributed by atoms with E-state index in [0.717, 1.165) is 30.6 Å². The van der Waals surface area contributed by atoms with Crippen LogP contribution in [-0.4, -0.2) is 54.7 Å².